The molecule has 338 valence electrons. The summed E-state index contributed by atoms with van der Waals surface area (Å²) in [5, 5.41) is 16.6. The van der Waals surface area contributed by atoms with Crippen molar-refractivity contribution < 1.29 is 57.2 Å². The van der Waals surface area contributed by atoms with Crippen LogP contribution in [0.4, 0.5) is 0 Å². The predicted octanol–water partition coefficient (Wildman–Crippen LogP) is 0.995. The summed E-state index contributed by atoms with van der Waals surface area (Å²) in [7, 11) is 8.33. The molecule has 0 atom stereocenters. The number of ether oxygens (including phenoxy) is 6. The number of benzene rings is 3. The van der Waals surface area contributed by atoms with Crippen LogP contribution in [0.2, 0.25) is 0 Å². The fourth-order valence-electron chi connectivity index (χ4n) is 5.93. The molecule has 20 heteroatoms. The molecule has 10 N–H and O–H groups in total. The minimum Gasteiger partial charge on any atom is -0.496 e. The van der Waals surface area contributed by atoms with E-state index in [1.165, 1.54) is 79.1 Å². The van der Waals surface area contributed by atoms with Gasteiger partial charge in [-0.2, -0.15) is 0 Å². The molecule has 0 spiro atoms. The van der Waals surface area contributed by atoms with Crippen molar-refractivity contribution in [3.8, 4) is 34.5 Å². The number of rotatable bonds is 26. The Bertz CT molecular complexity index is 1910. The van der Waals surface area contributed by atoms with Gasteiger partial charge in [0.15, 0.2) is 0 Å². The molecule has 3 aromatic carbocycles. The maximum atomic E-state index is 13.3. The van der Waals surface area contributed by atoms with Crippen LogP contribution in [-0.2, 0) is 0 Å². The van der Waals surface area contributed by atoms with Crippen LogP contribution in [0.3, 0.4) is 0 Å². The summed E-state index contributed by atoms with van der Waals surface area (Å²) in [6.07, 6.45) is 1.80. The van der Waals surface area contributed by atoms with E-state index < -0.39 is 35.4 Å². The standard InChI is InChI=1S/C42H58N8O12/c1-57-31-22-33(59-3)27(19-25(31)37(51)45-13-7-11-43)39(53)47-15-9-17-49-41(55)29-21-30(36(62-6)24-35(29)61-5)42(56)50-18-10-16-48-40(54)28-20-26(38(52)46-14-8-12-44)32(58-2)23-34(28)60-4/h19-24H,7-18,43-44H2,1-6H3,(H,45,51)(H,46,52)(H,47,53)(H,48,54)(H,49,55)(H,50,56). The number of carbonyl (C=O) groups excluding carboxylic acids is 6. The first-order chi connectivity index (χ1) is 29.9. The van der Waals surface area contributed by atoms with E-state index in [9.17, 15) is 28.8 Å². The molecule has 20 nitrogen and oxygen atoms in total. The molecule has 3 rings (SSSR count). The normalized spacial score (nSPS) is 10.5. The molecule has 0 aliphatic heterocycles. The van der Waals surface area contributed by atoms with Crippen molar-refractivity contribution >= 4 is 35.4 Å². The van der Waals surface area contributed by atoms with Gasteiger partial charge in [-0.05, 0) is 57.0 Å². The number of hydrogen-bond donors (Lipinski definition) is 8. The van der Waals surface area contributed by atoms with Gasteiger partial charge in [-0.1, -0.05) is 0 Å². The van der Waals surface area contributed by atoms with Crippen LogP contribution < -0.4 is 71.8 Å². The van der Waals surface area contributed by atoms with Gasteiger partial charge in [0.2, 0.25) is 0 Å². The molecule has 0 bridgehead atoms. The molecule has 0 heterocycles. The first kappa shape index (κ1) is 49.6. The van der Waals surface area contributed by atoms with Gasteiger partial charge in [-0.25, -0.2) is 0 Å². The average molecular weight is 867 g/mol. The van der Waals surface area contributed by atoms with Crippen molar-refractivity contribution in [3.05, 3.63) is 69.8 Å². The molecular weight excluding hydrogens is 809 g/mol. The zero-order valence-electron chi connectivity index (χ0n) is 36.0. The van der Waals surface area contributed by atoms with Gasteiger partial charge in [0.05, 0.1) is 76.0 Å². The van der Waals surface area contributed by atoms with Gasteiger partial charge < -0.3 is 71.8 Å². The van der Waals surface area contributed by atoms with Crippen molar-refractivity contribution in [2.75, 3.05) is 95.0 Å². The largest absolute Gasteiger partial charge is 0.496 e. The Labute approximate surface area is 360 Å². The van der Waals surface area contributed by atoms with Crippen molar-refractivity contribution in [1.29, 1.82) is 0 Å². The van der Waals surface area contributed by atoms with E-state index in [-0.39, 0.29) is 94.1 Å². The summed E-state index contributed by atoms with van der Waals surface area (Å²) >= 11 is 0. The molecule has 0 radical (unpaired) electrons. The molecule has 62 heavy (non-hydrogen) atoms. The molecule has 0 fully saturated rings. The number of amides is 6. The highest BCUT2D eigenvalue weighted by atomic mass is 16.5. The molecule has 0 saturated heterocycles. The molecule has 0 aliphatic rings. The molecule has 6 amide bonds. The lowest BCUT2D eigenvalue weighted by Crippen LogP contribution is -2.32. The first-order valence-corrected chi connectivity index (χ1v) is 19.8. The Hall–Kier alpha value is -6.80. The summed E-state index contributed by atoms with van der Waals surface area (Å²) < 4.78 is 32.3. The van der Waals surface area contributed by atoms with Gasteiger partial charge in [0, 0.05) is 57.5 Å². The summed E-state index contributed by atoms with van der Waals surface area (Å²) in [5.74, 6) is -1.78. The van der Waals surface area contributed by atoms with Crippen LogP contribution in [0, 0.1) is 0 Å². The number of nitrogens with two attached hydrogens (primary N) is 2. The van der Waals surface area contributed by atoms with Gasteiger partial charge in [0.25, 0.3) is 35.4 Å². The zero-order chi connectivity index (χ0) is 45.6. The quantitative estimate of drug-likeness (QED) is 0.0523. The molecule has 0 aliphatic carbocycles. The highest BCUT2D eigenvalue weighted by Crippen LogP contribution is 2.32. The number of nitrogens with one attached hydrogen (secondary N) is 6. The number of hydrogen-bond acceptors (Lipinski definition) is 14. The van der Waals surface area contributed by atoms with Crippen molar-refractivity contribution in [3.63, 3.8) is 0 Å². The third-order valence-corrected chi connectivity index (χ3v) is 9.21. The molecular formula is C42H58N8O12. The van der Waals surface area contributed by atoms with Crippen LogP contribution in [0.5, 0.6) is 34.5 Å². The fourth-order valence-corrected chi connectivity index (χ4v) is 5.93. The maximum absolute atomic E-state index is 13.3. The lowest BCUT2D eigenvalue weighted by atomic mass is 10.1. The van der Waals surface area contributed by atoms with Gasteiger partial charge in [-0.15, -0.1) is 0 Å². The molecule has 0 saturated carbocycles. The minimum absolute atomic E-state index is 0.0656. The first-order valence-electron chi connectivity index (χ1n) is 19.8. The lowest BCUT2D eigenvalue weighted by Gasteiger charge is -2.16. The van der Waals surface area contributed by atoms with E-state index in [1.54, 1.807) is 0 Å². The van der Waals surface area contributed by atoms with Crippen LogP contribution in [0.15, 0.2) is 36.4 Å². The Morgan fingerprint density at radius 3 is 0.677 bits per heavy atom. The van der Waals surface area contributed by atoms with Gasteiger partial charge in [-0.3, -0.25) is 28.8 Å². The van der Waals surface area contributed by atoms with E-state index in [0.717, 1.165) is 0 Å². The van der Waals surface area contributed by atoms with Crippen LogP contribution in [-0.4, -0.2) is 130 Å². The molecule has 3 aromatic rings. The van der Waals surface area contributed by atoms with Crippen LogP contribution >= 0.6 is 0 Å². The van der Waals surface area contributed by atoms with Crippen LogP contribution in [0.1, 0.15) is 87.8 Å². The summed E-state index contributed by atoms with van der Waals surface area (Å²) in [4.78, 5) is 78.6. The highest BCUT2D eigenvalue weighted by Gasteiger charge is 2.24. The van der Waals surface area contributed by atoms with Crippen molar-refractivity contribution in [2.24, 2.45) is 11.5 Å². The summed E-state index contributed by atoms with van der Waals surface area (Å²) in [6.45, 7) is 2.10. The second-order valence-corrected chi connectivity index (χ2v) is 13.3. The third-order valence-electron chi connectivity index (χ3n) is 9.21. The highest BCUT2D eigenvalue weighted by molar-refractivity contribution is 6.05. The minimum atomic E-state index is -0.542. The summed E-state index contributed by atoms with van der Waals surface area (Å²) in [6, 6.07) is 8.47. The van der Waals surface area contributed by atoms with E-state index in [2.05, 4.69) is 31.9 Å². The number of carbonyl (C=O) groups is 6. The monoisotopic (exact) mass is 866 g/mol. The fraction of sp³-hybridized carbons (Fsp3) is 0.429. The second-order valence-electron chi connectivity index (χ2n) is 13.3. The third kappa shape index (κ3) is 13.6. The van der Waals surface area contributed by atoms with Crippen molar-refractivity contribution in [2.45, 2.75) is 25.7 Å². The number of methoxy groups -OCH3 is 6. The Morgan fingerprint density at radius 2 is 0.516 bits per heavy atom. The van der Waals surface area contributed by atoms with E-state index >= 15 is 0 Å². The van der Waals surface area contributed by atoms with E-state index in [1.807, 2.05) is 0 Å². The van der Waals surface area contributed by atoms with Crippen molar-refractivity contribution in [1.82, 2.24) is 31.9 Å². The van der Waals surface area contributed by atoms with Crippen LogP contribution in [0.25, 0.3) is 0 Å². The van der Waals surface area contributed by atoms with E-state index in [4.69, 9.17) is 39.9 Å². The maximum Gasteiger partial charge on any atom is 0.255 e. The van der Waals surface area contributed by atoms with Gasteiger partial charge >= 0.3 is 0 Å². The molecule has 0 unspecified atom stereocenters. The van der Waals surface area contributed by atoms with E-state index in [0.29, 0.717) is 51.9 Å². The lowest BCUT2D eigenvalue weighted by molar-refractivity contribution is 0.0930. The molecule has 0 aromatic heterocycles. The predicted molar refractivity (Wildman–Crippen MR) is 229 cm³/mol. The Kier molecular flexibility index (Phi) is 20.6. The Balaban J connectivity index is 1.58. The zero-order valence-corrected chi connectivity index (χ0v) is 36.0. The summed E-state index contributed by atoms with van der Waals surface area (Å²) in [5.41, 5.74) is 11.7. The average Bonchev–Trinajstić information content (AvgIpc) is 3.29. The second kappa shape index (κ2) is 25.7. The topological polar surface area (TPSA) is 282 Å². The Morgan fingerprint density at radius 1 is 0.339 bits per heavy atom. The smallest absolute Gasteiger partial charge is 0.255 e. The SMILES string of the molecule is COc1cc(OC)c(C(=O)NCCCNC(=O)c2cc(C(=O)NCCCNC(=O)c3cc(C(=O)NCCCN)c(OC)cc3OC)c(OC)cc2OC)cc1C(=O)NCCCN. The van der Waals surface area contributed by atoms with Gasteiger partial charge in [0.1, 0.15) is 34.5 Å².